The van der Waals surface area contributed by atoms with Gasteiger partial charge in [0.05, 0.1) is 0 Å². The summed E-state index contributed by atoms with van der Waals surface area (Å²) in [4.78, 5) is 10.7. The number of hydrogen-bond donors (Lipinski definition) is 2. The number of fused-ring (bicyclic) bond motifs is 1. The van der Waals surface area contributed by atoms with E-state index in [0.29, 0.717) is 11.8 Å². The van der Waals surface area contributed by atoms with Gasteiger partial charge in [-0.2, -0.15) is 0 Å². The molecule has 2 heterocycles. The van der Waals surface area contributed by atoms with Crippen molar-refractivity contribution in [2.75, 3.05) is 6.54 Å². The normalized spacial score (nSPS) is 50.5. The molecule has 3 rings (SSSR count). The highest BCUT2D eigenvalue weighted by atomic mass is 16.4. The van der Waals surface area contributed by atoms with Gasteiger partial charge in [-0.25, -0.2) is 0 Å². The molecule has 3 aliphatic rings. The van der Waals surface area contributed by atoms with Crippen LogP contribution in [0.2, 0.25) is 0 Å². The molecule has 2 aliphatic heterocycles. The lowest BCUT2D eigenvalue weighted by atomic mass is 9.64. The molecule has 0 aromatic carbocycles. The Morgan fingerprint density at radius 1 is 1.80 bits per heavy atom. The van der Waals surface area contributed by atoms with Gasteiger partial charge in [0.1, 0.15) is 5.54 Å². The Morgan fingerprint density at radius 3 is 2.70 bits per heavy atom. The zero-order valence-corrected chi connectivity index (χ0v) is 5.92. The molecule has 10 heavy (non-hydrogen) atoms. The fourth-order valence-electron chi connectivity index (χ4n) is 2.17. The number of rotatable bonds is 1. The standard InChI is InChI=1S/C7H11NO2/c1-4-5-2-7(4,6(9)10)8-3-5/h4-5,8H,2-3H2,1H3,(H,9,10)/t4-,5-,7+/m1/s1. The quantitative estimate of drug-likeness (QED) is 0.543. The average molecular weight is 141 g/mol. The van der Waals surface area contributed by atoms with Crippen LogP contribution in [-0.4, -0.2) is 23.2 Å². The minimum Gasteiger partial charge on any atom is -0.480 e. The second-order valence-electron chi connectivity index (χ2n) is 3.41. The summed E-state index contributed by atoms with van der Waals surface area (Å²) in [7, 11) is 0. The molecule has 2 N–H and O–H groups in total. The number of aliphatic carboxylic acids is 1. The first-order valence-electron chi connectivity index (χ1n) is 3.65. The van der Waals surface area contributed by atoms with Crippen molar-refractivity contribution in [2.24, 2.45) is 11.8 Å². The predicted molar refractivity (Wildman–Crippen MR) is 35.6 cm³/mol. The summed E-state index contributed by atoms with van der Waals surface area (Å²) in [6.07, 6.45) is 0.837. The molecule has 3 atom stereocenters. The van der Waals surface area contributed by atoms with Crippen LogP contribution in [0, 0.1) is 11.8 Å². The Kier molecular flexibility index (Phi) is 0.944. The monoisotopic (exact) mass is 141 g/mol. The van der Waals surface area contributed by atoms with Crippen LogP contribution >= 0.6 is 0 Å². The Hall–Kier alpha value is -0.570. The molecular formula is C7H11NO2. The molecule has 1 saturated carbocycles. The van der Waals surface area contributed by atoms with Crippen molar-refractivity contribution in [3.63, 3.8) is 0 Å². The Balaban J connectivity index is 2.25. The van der Waals surface area contributed by atoms with E-state index in [1.54, 1.807) is 0 Å². The van der Waals surface area contributed by atoms with Gasteiger partial charge in [-0.15, -0.1) is 0 Å². The lowest BCUT2D eigenvalue weighted by molar-refractivity contribution is -0.150. The third-order valence-corrected chi connectivity index (χ3v) is 3.13. The molecule has 0 unspecified atom stereocenters. The van der Waals surface area contributed by atoms with Gasteiger partial charge in [0.15, 0.2) is 0 Å². The number of hydrogen-bond acceptors (Lipinski definition) is 2. The van der Waals surface area contributed by atoms with Crippen molar-refractivity contribution < 1.29 is 9.90 Å². The lowest BCUT2D eigenvalue weighted by Gasteiger charge is -2.40. The molecule has 1 aliphatic carbocycles. The van der Waals surface area contributed by atoms with Gasteiger partial charge >= 0.3 is 5.97 Å². The maximum Gasteiger partial charge on any atom is 0.324 e. The number of carboxylic acids is 1. The van der Waals surface area contributed by atoms with E-state index in [1.165, 1.54) is 0 Å². The molecule has 0 radical (unpaired) electrons. The van der Waals surface area contributed by atoms with Crippen LogP contribution in [0.4, 0.5) is 0 Å². The topological polar surface area (TPSA) is 49.3 Å². The van der Waals surface area contributed by atoms with Gasteiger partial charge in [0.25, 0.3) is 0 Å². The van der Waals surface area contributed by atoms with Gasteiger partial charge in [-0.1, -0.05) is 6.92 Å². The first kappa shape index (κ1) is 6.16. The van der Waals surface area contributed by atoms with Crippen LogP contribution in [-0.2, 0) is 4.79 Å². The van der Waals surface area contributed by atoms with E-state index >= 15 is 0 Å². The first-order valence-corrected chi connectivity index (χ1v) is 3.65. The molecule has 3 nitrogen and oxygen atoms in total. The van der Waals surface area contributed by atoms with Gasteiger partial charge in [-0.3, -0.25) is 4.79 Å². The second kappa shape index (κ2) is 1.53. The van der Waals surface area contributed by atoms with Gasteiger partial charge in [0, 0.05) is 0 Å². The first-order chi connectivity index (χ1) is 4.67. The van der Waals surface area contributed by atoms with E-state index in [0.717, 1.165) is 13.0 Å². The zero-order chi connectivity index (χ0) is 7.35. The Bertz CT molecular complexity index is 188. The summed E-state index contributed by atoms with van der Waals surface area (Å²) in [6, 6.07) is 0. The number of carbonyl (C=O) groups is 1. The van der Waals surface area contributed by atoms with Crippen molar-refractivity contribution >= 4 is 5.97 Å². The number of nitrogens with one attached hydrogen (secondary N) is 1. The van der Waals surface area contributed by atoms with E-state index in [4.69, 9.17) is 5.11 Å². The van der Waals surface area contributed by atoms with Crippen LogP contribution in [0.25, 0.3) is 0 Å². The van der Waals surface area contributed by atoms with Crippen LogP contribution in [0.1, 0.15) is 13.3 Å². The van der Waals surface area contributed by atoms with Crippen LogP contribution in [0.15, 0.2) is 0 Å². The van der Waals surface area contributed by atoms with Crippen molar-refractivity contribution in [1.82, 2.24) is 5.32 Å². The highest BCUT2D eigenvalue weighted by Gasteiger charge is 2.61. The Morgan fingerprint density at radius 2 is 2.50 bits per heavy atom. The molecule has 3 heteroatoms. The molecule has 2 bridgehead atoms. The minimum atomic E-state index is -0.672. The fraction of sp³-hybridized carbons (Fsp3) is 0.857. The molecule has 2 saturated heterocycles. The SMILES string of the molecule is C[C@@H]1[C@H]2CN[C@@]1(C(=O)O)C2. The maximum atomic E-state index is 10.7. The zero-order valence-electron chi connectivity index (χ0n) is 5.92. The molecule has 0 aromatic rings. The summed E-state index contributed by atoms with van der Waals surface area (Å²) in [6.45, 7) is 2.91. The van der Waals surface area contributed by atoms with E-state index in [9.17, 15) is 4.79 Å². The van der Waals surface area contributed by atoms with Gasteiger partial charge in [0.2, 0.25) is 0 Å². The Labute approximate surface area is 59.4 Å². The van der Waals surface area contributed by atoms with Crippen LogP contribution < -0.4 is 5.32 Å². The molecule has 0 aromatic heterocycles. The van der Waals surface area contributed by atoms with Crippen LogP contribution in [0.5, 0.6) is 0 Å². The van der Waals surface area contributed by atoms with E-state index in [1.807, 2.05) is 6.92 Å². The summed E-state index contributed by atoms with van der Waals surface area (Å²) < 4.78 is 0. The molecule has 0 spiro atoms. The number of carboxylic acid groups (broad SMARTS) is 1. The largest absolute Gasteiger partial charge is 0.480 e. The average Bonchev–Trinajstić information content (AvgIpc) is 2.41. The molecular weight excluding hydrogens is 130 g/mol. The highest BCUT2D eigenvalue weighted by Crippen LogP contribution is 2.48. The molecule has 56 valence electrons. The summed E-state index contributed by atoms with van der Waals surface area (Å²) in [5.74, 6) is 0.287. The van der Waals surface area contributed by atoms with Crippen molar-refractivity contribution in [3.8, 4) is 0 Å². The van der Waals surface area contributed by atoms with Gasteiger partial charge in [-0.05, 0) is 24.8 Å². The summed E-state index contributed by atoms with van der Waals surface area (Å²) in [5, 5.41) is 11.9. The van der Waals surface area contributed by atoms with Crippen LogP contribution in [0.3, 0.4) is 0 Å². The molecule has 3 fully saturated rings. The smallest absolute Gasteiger partial charge is 0.324 e. The molecule has 0 amide bonds. The van der Waals surface area contributed by atoms with Gasteiger partial charge < -0.3 is 10.4 Å². The third kappa shape index (κ3) is 0.440. The predicted octanol–water partition coefficient (Wildman–Crippen LogP) is 0.0690. The fourth-order valence-corrected chi connectivity index (χ4v) is 2.17. The van der Waals surface area contributed by atoms with Crippen molar-refractivity contribution in [1.29, 1.82) is 0 Å². The second-order valence-corrected chi connectivity index (χ2v) is 3.41. The van der Waals surface area contributed by atoms with Crippen molar-refractivity contribution in [2.45, 2.75) is 18.9 Å². The summed E-state index contributed by atoms with van der Waals surface area (Å²) in [5.41, 5.74) is -0.537. The maximum absolute atomic E-state index is 10.7. The summed E-state index contributed by atoms with van der Waals surface area (Å²) >= 11 is 0. The minimum absolute atomic E-state index is 0.338. The highest BCUT2D eigenvalue weighted by molar-refractivity contribution is 5.81. The van der Waals surface area contributed by atoms with E-state index < -0.39 is 11.5 Å². The van der Waals surface area contributed by atoms with E-state index in [-0.39, 0.29) is 0 Å². The van der Waals surface area contributed by atoms with E-state index in [2.05, 4.69) is 5.32 Å². The lowest BCUT2D eigenvalue weighted by Crippen LogP contribution is -2.57. The van der Waals surface area contributed by atoms with Crippen molar-refractivity contribution in [3.05, 3.63) is 0 Å². The third-order valence-electron chi connectivity index (χ3n) is 3.13.